The molecule has 2 aromatic carbocycles. The van der Waals surface area contributed by atoms with Gasteiger partial charge in [-0.15, -0.1) is 0 Å². The first-order valence-corrected chi connectivity index (χ1v) is 8.45. The van der Waals surface area contributed by atoms with E-state index in [1.54, 1.807) is 22.7 Å². The first-order chi connectivity index (χ1) is 13.2. The van der Waals surface area contributed by atoms with E-state index in [0.29, 0.717) is 6.29 Å². The van der Waals surface area contributed by atoms with Gasteiger partial charge in [0.15, 0.2) is 23.4 Å². The second-order valence-corrected chi connectivity index (χ2v) is 6.17. The number of carbonyl (C=O) groups is 1. The number of pyridine rings is 1. The Balaban J connectivity index is 1.63. The van der Waals surface area contributed by atoms with E-state index in [0.717, 1.165) is 27.9 Å². The molecule has 0 unspecified atom stereocenters. The van der Waals surface area contributed by atoms with Crippen LogP contribution in [0.3, 0.4) is 0 Å². The number of aldehydes is 1. The Morgan fingerprint density at radius 1 is 1.15 bits per heavy atom. The number of carbonyl (C=O) groups excluding carboxylic acids is 1. The zero-order valence-electron chi connectivity index (χ0n) is 14.7. The molecule has 0 radical (unpaired) electrons. The third-order valence-electron chi connectivity index (χ3n) is 4.57. The minimum Gasteiger partial charge on any atom is -0.504 e. The Kier molecular flexibility index (Phi) is 4.30. The molecule has 4 rings (SSSR count). The van der Waals surface area contributed by atoms with Gasteiger partial charge in [-0.2, -0.15) is 5.10 Å². The molecular weight excluding hydrogens is 342 g/mol. The number of rotatable bonds is 5. The van der Waals surface area contributed by atoms with Crippen molar-refractivity contribution in [2.75, 3.05) is 0 Å². The van der Waals surface area contributed by atoms with Gasteiger partial charge in [-0.05, 0) is 47.9 Å². The molecule has 6 heteroatoms. The number of aromatic nitrogens is 3. The lowest BCUT2D eigenvalue weighted by molar-refractivity contribution is 0.112. The predicted octanol–water partition coefficient (Wildman–Crippen LogP) is 3.80. The van der Waals surface area contributed by atoms with Gasteiger partial charge >= 0.3 is 0 Å². The minimum atomic E-state index is -0.141. The molecule has 0 fully saturated rings. The average Bonchev–Trinajstić information content (AvgIpc) is 3.16. The number of fused-ring (bicyclic) bond motifs is 1. The van der Waals surface area contributed by atoms with E-state index < -0.39 is 0 Å². The molecule has 0 aliphatic carbocycles. The fourth-order valence-corrected chi connectivity index (χ4v) is 3.04. The van der Waals surface area contributed by atoms with Gasteiger partial charge in [-0.3, -0.25) is 4.79 Å². The van der Waals surface area contributed by atoms with Crippen molar-refractivity contribution in [2.45, 2.75) is 13.5 Å². The van der Waals surface area contributed by atoms with Crippen molar-refractivity contribution in [1.82, 2.24) is 14.6 Å². The van der Waals surface area contributed by atoms with Crippen LogP contribution in [0, 0.1) is 6.92 Å². The summed E-state index contributed by atoms with van der Waals surface area (Å²) in [5.74, 6) is 0.145. The first kappa shape index (κ1) is 16.8. The number of ether oxygens (including phenoxy) is 1. The topological polar surface area (TPSA) is 76.7 Å². The first-order valence-electron chi connectivity index (χ1n) is 8.45. The largest absolute Gasteiger partial charge is 0.504 e. The molecule has 2 aromatic heterocycles. The lowest BCUT2D eigenvalue weighted by atomic mass is 9.98. The highest BCUT2D eigenvalue weighted by atomic mass is 16.5. The molecule has 0 spiro atoms. The zero-order chi connectivity index (χ0) is 18.8. The lowest BCUT2D eigenvalue weighted by Gasteiger charge is -2.14. The maximum atomic E-state index is 11.0. The molecular formula is C21H17N3O3. The molecule has 4 aromatic rings. The van der Waals surface area contributed by atoms with Gasteiger partial charge in [0.05, 0.1) is 5.56 Å². The third kappa shape index (κ3) is 3.13. The van der Waals surface area contributed by atoms with E-state index in [4.69, 9.17) is 4.74 Å². The fraction of sp³-hybridized carbons (Fsp3) is 0.0952. The van der Waals surface area contributed by atoms with Crippen LogP contribution in [0.1, 0.15) is 21.5 Å². The predicted molar refractivity (Wildman–Crippen MR) is 101 cm³/mol. The van der Waals surface area contributed by atoms with E-state index in [2.05, 4.69) is 10.1 Å². The Labute approximate surface area is 155 Å². The summed E-state index contributed by atoms with van der Waals surface area (Å²) in [5, 5.41) is 14.3. The van der Waals surface area contributed by atoms with E-state index >= 15 is 0 Å². The fourth-order valence-electron chi connectivity index (χ4n) is 3.04. The highest BCUT2D eigenvalue weighted by molar-refractivity contribution is 5.80. The lowest BCUT2D eigenvalue weighted by Crippen LogP contribution is -2.00. The highest BCUT2D eigenvalue weighted by Gasteiger charge is 2.11. The summed E-state index contributed by atoms with van der Waals surface area (Å²) in [6, 6.07) is 14.8. The third-order valence-corrected chi connectivity index (χ3v) is 4.57. The maximum absolute atomic E-state index is 11.0. The van der Waals surface area contributed by atoms with Crippen LogP contribution in [0.4, 0.5) is 0 Å². The van der Waals surface area contributed by atoms with Gasteiger partial charge < -0.3 is 9.84 Å². The summed E-state index contributed by atoms with van der Waals surface area (Å²) < 4.78 is 7.50. The molecule has 27 heavy (non-hydrogen) atoms. The standard InChI is InChI=1S/C21H17N3O3/c1-14-17(12-27-19-7-3-4-16(11-25)21(19)26)5-2-6-18(14)15-8-9-20-22-13-23-24(20)10-15/h2-11,13,26H,12H2,1H3. The summed E-state index contributed by atoms with van der Waals surface area (Å²) in [4.78, 5) is 15.1. The van der Waals surface area contributed by atoms with Gasteiger partial charge in [0.25, 0.3) is 0 Å². The van der Waals surface area contributed by atoms with Crippen molar-refractivity contribution in [1.29, 1.82) is 0 Å². The molecule has 0 aliphatic heterocycles. The van der Waals surface area contributed by atoms with Crippen LogP contribution in [0.15, 0.2) is 61.1 Å². The summed E-state index contributed by atoms with van der Waals surface area (Å²) in [6.07, 6.45) is 4.07. The van der Waals surface area contributed by atoms with Crippen LogP contribution >= 0.6 is 0 Å². The van der Waals surface area contributed by atoms with E-state index in [1.165, 1.54) is 6.33 Å². The molecule has 0 saturated heterocycles. The molecule has 0 amide bonds. The Morgan fingerprint density at radius 2 is 2.00 bits per heavy atom. The molecule has 0 saturated carbocycles. The smallest absolute Gasteiger partial charge is 0.168 e. The number of hydrogen-bond acceptors (Lipinski definition) is 5. The van der Waals surface area contributed by atoms with Gasteiger partial charge in [-0.1, -0.05) is 24.3 Å². The molecule has 1 N–H and O–H groups in total. The van der Waals surface area contributed by atoms with Crippen molar-refractivity contribution >= 4 is 11.9 Å². The van der Waals surface area contributed by atoms with Gasteiger partial charge in [-0.25, -0.2) is 9.50 Å². The summed E-state index contributed by atoms with van der Waals surface area (Å²) in [5.41, 5.74) is 5.16. The van der Waals surface area contributed by atoms with Crippen molar-refractivity contribution in [3.05, 3.63) is 77.7 Å². The van der Waals surface area contributed by atoms with Crippen LogP contribution in [-0.4, -0.2) is 26.0 Å². The van der Waals surface area contributed by atoms with Crippen LogP contribution in [0.25, 0.3) is 16.8 Å². The molecule has 0 bridgehead atoms. The van der Waals surface area contributed by atoms with E-state index in [1.807, 2.05) is 43.5 Å². The summed E-state index contributed by atoms with van der Waals surface area (Å²) >= 11 is 0. The average molecular weight is 359 g/mol. The second-order valence-electron chi connectivity index (χ2n) is 6.17. The number of hydrogen-bond donors (Lipinski definition) is 1. The van der Waals surface area contributed by atoms with Gasteiger partial charge in [0.1, 0.15) is 12.9 Å². The van der Waals surface area contributed by atoms with Crippen molar-refractivity contribution in [2.24, 2.45) is 0 Å². The number of phenolic OH excluding ortho intramolecular Hbond substituents is 1. The quantitative estimate of drug-likeness (QED) is 0.549. The van der Waals surface area contributed by atoms with Crippen molar-refractivity contribution in [3.63, 3.8) is 0 Å². The van der Waals surface area contributed by atoms with E-state index in [-0.39, 0.29) is 23.7 Å². The molecule has 0 atom stereocenters. The summed E-state index contributed by atoms with van der Waals surface area (Å²) in [6.45, 7) is 2.31. The number of benzene rings is 2. The number of aromatic hydroxyl groups is 1. The molecule has 2 heterocycles. The molecule has 6 nitrogen and oxygen atoms in total. The number of para-hydroxylation sites is 1. The Hall–Kier alpha value is -3.67. The number of phenols is 1. The van der Waals surface area contributed by atoms with E-state index in [9.17, 15) is 9.90 Å². The normalized spacial score (nSPS) is 10.9. The van der Waals surface area contributed by atoms with Crippen molar-refractivity contribution in [3.8, 4) is 22.6 Å². The molecule has 134 valence electrons. The van der Waals surface area contributed by atoms with Crippen LogP contribution in [0.5, 0.6) is 11.5 Å². The highest BCUT2D eigenvalue weighted by Crippen LogP contribution is 2.31. The maximum Gasteiger partial charge on any atom is 0.168 e. The van der Waals surface area contributed by atoms with Gasteiger partial charge in [0.2, 0.25) is 0 Å². The van der Waals surface area contributed by atoms with Crippen molar-refractivity contribution < 1.29 is 14.6 Å². The van der Waals surface area contributed by atoms with Crippen LogP contribution < -0.4 is 4.74 Å². The molecule has 0 aliphatic rings. The summed E-state index contributed by atoms with van der Waals surface area (Å²) in [7, 11) is 0. The monoisotopic (exact) mass is 359 g/mol. The van der Waals surface area contributed by atoms with Crippen LogP contribution in [0.2, 0.25) is 0 Å². The minimum absolute atomic E-state index is 0.141. The Bertz CT molecular complexity index is 1130. The Morgan fingerprint density at radius 3 is 2.85 bits per heavy atom. The SMILES string of the molecule is Cc1c(COc2cccc(C=O)c2O)cccc1-c1ccc2ncnn2c1. The zero-order valence-corrected chi connectivity index (χ0v) is 14.7. The number of nitrogens with zero attached hydrogens (tertiary/aromatic N) is 3. The second kappa shape index (κ2) is 6.92. The van der Waals surface area contributed by atoms with Crippen LogP contribution in [-0.2, 0) is 6.61 Å². The van der Waals surface area contributed by atoms with Gasteiger partial charge in [0, 0.05) is 11.8 Å².